The van der Waals surface area contributed by atoms with Crippen LogP contribution in [0.4, 0.5) is 0 Å². The zero-order chi connectivity index (χ0) is 18.8. The molecule has 0 saturated carbocycles. The quantitative estimate of drug-likeness (QED) is 0.887. The maximum absolute atomic E-state index is 12.9. The van der Waals surface area contributed by atoms with Gasteiger partial charge in [0.25, 0.3) is 5.91 Å². The Balaban J connectivity index is 1.46. The van der Waals surface area contributed by atoms with Gasteiger partial charge in [-0.25, -0.2) is 0 Å². The molecule has 4 rings (SSSR count). The van der Waals surface area contributed by atoms with Crippen molar-refractivity contribution >= 4 is 17.7 Å². The zero-order valence-corrected chi connectivity index (χ0v) is 14.9. The molecule has 0 aliphatic carbocycles. The largest absolute Gasteiger partial charge is 0.342 e. The summed E-state index contributed by atoms with van der Waals surface area (Å²) in [5, 5.41) is 2.84. The van der Waals surface area contributed by atoms with Gasteiger partial charge in [0.05, 0.1) is 6.54 Å². The first-order valence-electron chi connectivity index (χ1n) is 9.12. The summed E-state index contributed by atoms with van der Waals surface area (Å²) in [5.41, 5.74) is 1.60. The van der Waals surface area contributed by atoms with E-state index in [1.54, 1.807) is 21.9 Å². The van der Waals surface area contributed by atoms with Crippen LogP contribution in [0.15, 0.2) is 60.7 Å². The van der Waals surface area contributed by atoms with Crippen LogP contribution in [0.5, 0.6) is 0 Å². The number of nitrogens with zero attached hydrogens (tertiary/aromatic N) is 2. The van der Waals surface area contributed by atoms with Crippen LogP contribution in [0, 0.1) is 0 Å². The fraction of sp³-hybridized carbons (Fsp3) is 0.286. The van der Waals surface area contributed by atoms with E-state index in [0.29, 0.717) is 25.1 Å². The summed E-state index contributed by atoms with van der Waals surface area (Å²) in [7, 11) is 0. The molecule has 2 aliphatic heterocycles. The fourth-order valence-electron chi connectivity index (χ4n) is 3.74. The first-order valence-corrected chi connectivity index (χ1v) is 9.12. The molecule has 2 atom stereocenters. The molecule has 0 aromatic heterocycles. The van der Waals surface area contributed by atoms with E-state index in [9.17, 15) is 14.4 Å². The SMILES string of the molecule is O=C1N[C@H](Cc2ccccc2)C(=O)N2CCN(C(=O)c3ccccc3)C[C@H]12. The highest BCUT2D eigenvalue weighted by atomic mass is 16.2. The number of amides is 3. The summed E-state index contributed by atoms with van der Waals surface area (Å²) in [6, 6.07) is 17.5. The molecule has 0 bridgehead atoms. The number of benzene rings is 2. The second-order valence-electron chi connectivity index (χ2n) is 6.92. The Morgan fingerprint density at radius 2 is 1.63 bits per heavy atom. The predicted octanol–water partition coefficient (Wildman–Crippen LogP) is 1.08. The van der Waals surface area contributed by atoms with Crippen molar-refractivity contribution in [2.45, 2.75) is 18.5 Å². The Morgan fingerprint density at radius 3 is 2.33 bits per heavy atom. The maximum atomic E-state index is 12.9. The van der Waals surface area contributed by atoms with Crippen LogP contribution in [-0.2, 0) is 16.0 Å². The second-order valence-corrected chi connectivity index (χ2v) is 6.92. The van der Waals surface area contributed by atoms with Gasteiger partial charge in [-0.2, -0.15) is 0 Å². The van der Waals surface area contributed by atoms with Crippen LogP contribution in [0.1, 0.15) is 15.9 Å². The monoisotopic (exact) mass is 363 g/mol. The molecule has 1 N–H and O–H groups in total. The van der Waals surface area contributed by atoms with Crippen molar-refractivity contribution in [3.8, 4) is 0 Å². The van der Waals surface area contributed by atoms with Crippen molar-refractivity contribution in [2.75, 3.05) is 19.6 Å². The van der Waals surface area contributed by atoms with Crippen LogP contribution in [0.2, 0.25) is 0 Å². The third kappa shape index (κ3) is 3.43. The average molecular weight is 363 g/mol. The summed E-state index contributed by atoms with van der Waals surface area (Å²) in [6.45, 7) is 1.03. The van der Waals surface area contributed by atoms with Crippen molar-refractivity contribution in [1.82, 2.24) is 15.1 Å². The zero-order valence-electron chi connectivity index (χ0n) is 14.9. The van der Waals surface area contributed by atoms with E-state index >= 15 is 0 Å². The molecule has 138 valence electrons. The smallest absolute Gasteiger partial charge is 0.253 e. The van der Waals surface area contributed by atoms with Crippen LogP contribution < -0.4 is 5.32 Å². The van der Waals surface area contributed by atoms with Gasteiger partial charge < -0.3 is 15.1 Å². The molecule has 6 nitrogen and oxygen atoms in total. The minimum Gasteiger partial charge on any atom is -0.342 e. The van der Waals surface area contributed by atoms with Crippen molar-refractivity contribution in [3.63, 3.8) is 0 Å². The first-order chi connectivity index (χ1) is 13.1. The molecule has 3 amide bonds. The fourth-order valence-corrected chi connectivity index (χ4v) is 3.74. The third-order valence-corrected chi connectivity index (χ3v) is 5.17. The predicted molar refractivity (Wildman–Crippen MR) is 99.9 cm³/mol. The molecule has 2 fully saturated rings. The molecule has 0 radical (unpaired) electrons. The van der Waals surface area contributed by atoms with Gasteiger partial charge in [-0.1, -0.05) is 48.5 Å². The van der Waals surface area contributed by atoms with Gasteiger partial charge in [0.1, 0.15) is 12.1 Å². The van der Waals surface area contributed by atoms with Crippen LogP contribution in [0.25, 0.3) is 0 Å². The topological polar surface area (TPSA) is 69.7 Å². The van der Waals surface area contributed by atoms with Crippen LogP contribution >= 0.6 is 0 Å². The van der Waals surface area contributed by atoms with Gasteiger partial charge in [-0.3, -0.25) is 14.4 Å². The number of nitrogens with one attached hydrogen (secondary N) is 1. The van der Waals surface area contributed by atoms with Crippen LogP contribution in [0.3, 0.4) is 0 Å². The number of piperazine rings is 2. The Bertz CT molecular complexity index is 853. The molecule has 6 heteroatoms. The van der Waals surface area contributed by atoms with E-state index in [1.165, 1.54) is 0 Å². The minimum absolute atomic E-state index is 0.0738. The van der Waals surface area contributed by atoms with Crippen LogP contribution in [-0.4, -0.2) is 59.2 Å². The highest BCUT2D eigenvalue weighted by Crippen LogP contribution is 2.19. The summed E-state index contributed by atoms with van der Waals surface area (Å²) in [4.78, 5) is 41.4. The number of hydrogen-bond donors (Lipinski definition) is 1. The van der Waals surface area contributed by atoms with E-state index in [4.69, 9.17) is 0 Å². The Morgan fingerprint density at radius 1 is 0.963 bits per heavy atom. The maximum Gasteiger partial charge on any atom is 0.253 e. The average Bonchev–Trinajstić information content (AvgIpc) is 2.72. The molecular weight excluding hydrogens is 342 g/mol. The number of fused-ring (bicyclic) bond motifs is 1. The van der Waals surface area contributed by atoms with Gasteiger partial charge >= 0.3 is 0 Å². The summed E-state index contributed by atoms with van der Waals surface area (Å²) < 4.78 is 0. The van der Waals surface area contributed by atoms with Gasteiger partial charge in [0.15, 0.2) is 0 Å². The van der Waals surface area contributed by atoms with Crippen molar-refractivity contribution < 1.29 is 14.4 Å². The molecule has 2 aliphatic rings. The van der Waals surface area contributed by atoms with Gasteiger partial charge in [-0.15, -0.1) is 0 Å². The summed E-state index contributed by atoms with van der Waals surface area (Å²) in [6.07, 6.45) is 0.474. The van der Waals surface area contributed by atoms with Gasteiger partial charge in [-0.05, 0) is 17.7 Å². The van der Waals surface area contributed by atoms with E-state index in [1.807, 2.05) is 48.5 Å². The van der Waals surface area contributed by atoms with Gasteiger partial charge in [0, 0.05) is 25.1 Å². The number of carbonyl (C=O) groups is 3. The highest BCUT2D eigenvalue weighted by Gasteiger charge is 2.44. The van der Waals surface area contributed by atoms with E-state index in [2.05, 4.69) is 5.32 Å². The molecule has 2 aromatic carbocycles. The second kappa shape index (κ2) is 7.23. The lowest BCUT2D eigenvalue weighted by Crippen LogP contribution is -2.70. The summed E-state index contributed by atoms with van der Waals surface area (Å²) in [5.74, 6) is -0.377. The molecule has 2 saturated heterocycles. The first kappa shape index (κ1) is 17.3. The molecule has 0 unspecified atom stereocenters. The number of hydrogen-bond acceptors (Lipinski definition) is 3. The van der Waals surface area contributed by atoms with Crippen molar-refractivity contribution in [2.24, 2.45) is 0 Å². The molecule has 0 spiro atoms. The number of rotatable bonds is 3. The minimum atomic E-state index is -0.620. The lowest BCUT2D eigenvalue weighted by Gasteiger charge is -2.45. The number of carbonyl (C=O) groups excluding carboxylic acids is 3. The Kier molecular flexibility index (Phi) is 4.62. The standard InChI is InChI=1S/C21H21N3O3/c25-19-18-14-23(20(26)16-9-5-2-6-10-16)11-12-24(18)21(27)17(22-19)13-15-7-3-1-4-8-15/h1-10,17-18H,11-14H2,(H,22,25)/t17-,18-/m1/s1. The lowest BCUT2D eigenvalue weighted by atomic mass is 9.98. The lowest BCUT2D eigenvalue weighted by molar-refractivity contribution is -0.152. The summed E-state index contributed by atoms with van der Waals surface area (Å²) >= 11 is 0. The highest BCUT2D eigenvalue weighted by molar-refractivity contribution is 5.99. The normalized spacial score (nSPS) is 22.2. The molecule has 2 aromatic rings. The Hall–Kier alpha value is -3.15. The molecule has 27 heavy (non-hydrogen) atoms. The van der Waals surface area contributed by atoms with E-state index in [-0.39, 0.29) is 24.3 Å². The van der Waals surface area contributed by atoms with Crippen molar-refractivity contribution in [3.05, 3.63) is 71.8 Å². The van der Waals surface area contributed by atoms with Crippen molar-refractivity contribution in [1.29, 1.82) is 0 Å². The molecule has 2 heterocycles. The molecular formula is C21H21N3O3. The van der Waals surface area contributed by atoms with E-state index < -0.39 is 12.1 Å². The Labute approximate surface area is 157 Å². The third-order valence-electron chi connectivity index (χ3n) is 5.17. The van der Waals surface area contributed by atoms with E-state index in [0.717, 1.165) is 5.56 Å². The van der Waals surface area contributed by atoms with Gasteiger partial charge in [0.2, 0.25) is 11.8 Å².